The third kappa shape index (κ3) is 4.47. The summed E-state index contributed by atoms with van der Waals surface area (Å²) in [6.07, 6.45) is 3.18. The van der Waals surface area contributed by atoms with E-state index in [9.17, 15) is 4.79 Å². The summed E-state index contributed by atoms with van der Waals surface area (Å²) in [6, 6.07) is 1.99. The molecule has 1 fully saturated rings. The molecule has 6 nitrogen and oxygen atoms in total. The number of likely N-dealkylation sites (tertiary alicyclic amines) is 1. The van der Waals surface area contributed by atoms with E-state index in [0.717, 1.165) is 18.5 Å². The van der Waals surface area contributed by atoms with Gasteiger partial charge in [0.05, 0.1) is 18.8 Å². The van der Waals surface area contributed by atoms with Crippen LogP contribution in [0.4, 0.5) is 4.79 Å². The van der Waals surface area contributed by atoms with E-state index in [1.165, 1.54) is 0 Å². The minimum atomic E-state index is -0.462. The van der Waals surface area contributed by atoms with Gasteiger partial charge in [-0.3, -0.25) is 4.68 Å². The minimum Gasteiger partial charge on any atom is -0.444 e. The first-order valence-electron chi connectivity index (χ1n) is 7.77. The molecule has 1 unspecified atom stereocenters. The van der Waals surface area contributed by atoms with Gasteiger partial charge >= 0.3 is 6.09 Å². The van der Waals surface area contributed by atoms with Crippen LogP contribution >= 0.6 is 0 Å². The zero-order chi connectivity index (χ0) is 16.4. The average molecular weight is 309 g/mol. The molecule has 1 aliphatic rings. The maximum atomic E-state index is 12.1. The SMILES string of the molecule is Cn1nccc1CCOC1(C)CCN(C(=O)OC(C)(C)C)C1. The lowest BCUT2D eigenvalue weighted by atomic mass is 10.1. The van der Waals surface area contributed by atoms with Crippen molar-refractivity contribution >= 4 is 6.09 Å². The van der Waals surface area contributed by atoms with Crippen LogP contribution in [0.2, 0.25) is 0 Å². The molecule has 22 heavy (non-hydrogen) atoms. The van der Waals surface area contributed by atoms with Crippen molar-refractivity contribution in [3.05, 3.63) is 18.0 Å². The molecule has 1 amide bonds. The van der Waals surface area contributed by atoms with Crippen LogP contribution in [-0.2, 0) is 22.9 Å². The number of ether oxygens (including phenoxy) is 2. The highest BCUT2D eigenvalue weighted by Crippen LogP contribution is 2.26. The van der Waals surface area contributed by atoms with Crippen molar-refractivity contribution in [1.29, 1.82) is 0 Å². The largest absolute Gasteiger partial charge is 0.444 e. The summed E-state index contributed by atoms with van der Waals surface area (Å²) in [5.41, 5.74) is 0.386. The van der Waals surface area contributed by atoms with E-state index in [1.54, 1.807) is 11.1 Å². The molecule has 0 saturated carbocycles. The van der Waals surface area contributed by atoms with E-state index in [-0.39, 0.29) is 11.7 Å². The van der Waals surface area contributed by atoms with Crippen LogP contribution in [0.1, 0.15) is 39.8 Å². The summed E-state index contributed by atoms with van der Waals surface area (Å²) in [5, 5.41) is 4.15. The number of rotatable bonds is 4. The van der Waals surface area contributed by atoms with Crippen molar-refractivity contribution in [1.82, 2.24) is 14.7 Å². The molecule has 2 heterocycles. The second kappa shape index (κ2) is 6.28. The molecule has 0 bridgehead atoms. The Kier molecular flexibility index (Phi) is 4.80. The molecule has 1 aromatic rings. The average Bonchev–Trinajstić information content (AvgIpc) is 2.95. The van der Waals surface area contributed by atoms with Gasteiger partial charge in [-0.25, -0.2) is 4.79 Å². The van der Waals surface area contributed by atoms with Crippen molar-refractivity contribution in [2.24, 2.45) is 7.05 Å². The molecule has 1 aliphatic heterocycles. The van der Waals surface area contributed by atoms with E-state index < -0.39 is 5.60 Å². The Morgan fingerprint density at radius 3 is 2.77 bits per heavy atom. The van der Waals surface area contributed by atoms with Gasteiger partial charge in [0, 0.05) is 31.9 Å². The highest BCUT2D eigenvalue weighted by atomic mass is 16.6. The molecule has 0 spiro atoms. The van der Waals surface area contributed by atoms with Crippen LogP contribution in [-0.4, -0.2) is 51.7 Å². The smallest absolute Gasteiger partial charge is 0.410 e. The van der Waals surface area contributed by atoms with E-state index in [1.807, 2.05) is 38.6 Å². The molecule has 0 aliphatic carbocycles. The van der Waals surface area contributed by atoms with Crippen LogP contribution in [0.5, 0.6) is 0 Å². The van der Waals surface area contributed by atoms with Crippen LogP contribution < -0.4 is 0 Å². The van der Waals surface area contributed by atoms with Crippen molar-refractivity contribution < 1.29 is 14.3 Å². The van der Waals surface area contributed by atoms with Gasteiger partial charge in [0.25, 0.3) is 0 Å². The Hall–Kier alpha value is -1.56. The quantitative estimate of drug-likeness (QED) is 0.857. The Morgan fingerprint density at radius 1 is 1.45 bits per heavy atom. The van der Waals surface area contributed by atoms with Gasteiger partial charge < -0.3 is 14.4 Å². The third-order valence-corrected chi connectivity index (χ3v) is 3.82. The van der Waals surface area contributed by atoms with Gasteiger partial charge in [0.1, 0.15) is 5.60 Å². The fourth-order valence-corrected chi connectivity index (χ4v) is 2.58. The minimum absolute atomic E-state index is 0.258. The number of amides is 1. The Morgan fingerprint density at radius 2 is 2.18 bits per heavy atom. The fourth-order valence-electron chi connectivity index (χ4n) is 2.58. The second-order valence-corrected chi connectivity index (χ2v) is 7.15. The molecule has 1 atom stereocenters. The summed E-state index contributed by atoms with van der Waals surface area (Å²) in [4.78, 5) is 13.8. The van der Waals surface area contributed by atoms with Crippen molar-refractivity contribution in [2.45, 2.75) is 51.7 Å². The fraction of sp³-hybridized carbons (Fsp3) is 0.750. The number of carbonyl (C=O) groups excluding carboxylic acids is 1. The van der Waals surface area contributed by atoms with Gasteiger partial charge in [0.2, 0.25) is 0 Å². The molecule has 124 valence electrons. The number of aryl methyl sites for hydroxylation is 1. The summed E-state index contributed by atoms with van der Waals surface area (Å²) in [7, 11) is 1.93. The normalized spacial score (nSPS) is 22.1. The standard InChI is InChI=1S/C16H27N3O3/c1-15(2,3)22-14(20)19-10-8-16(4,12-19)21-11-7-13-6-9-17-18(13)5/h6,9H,7-8,10-12H2,1-5H3. The number of nitrogens with zero attached hydrogens (tertiary/aromatic N) is 3. The molecular weight excluding hydrogens is 282 g/mol. The van der Waals surface area contributed by atoms with Crippen molar-refractivity contribution in [3.63, 3.8) is 0 Å². The third-order valence-electron chi connectivity index (χ3n) is 3.82. The van der Waals surface area contributed by atoms with Crippen LogP contribution in [0.3, 0.4) is 0 Å². The first-order valence-corrected chi connectivity index (χ1v) is 7.77. The van der Waals surface area contributed by atoms with Crippen molar-refractivity contribution in [3.8, 4) is 0 Å². The molecule has 1 saturated heterocycles. The lowest BCUT2D eigenvalue weighted by molar-refractivity contribution is -0.0262. The van der Waals surface area contributed by atoms with E-state index in [2.05, 4.69) is 12.0 Å². The summed E-state index contributed by atoms with van der Waals surface area (Å²) in [6.45, 7) is 9.57. The van der Waals surface area contributed by atoms with Crippen LogP contribution in [0.25, 0.3) is 0 Å². The predicted molar refractivity (Wildman–Crippen MR) is 83.7 cm³/mol. The van der Waals surface area contributed by atoms with Gasteiger partial charge in [-0.2, -0.15) is 5.10 Å². The van der Waals surface area contributed by atoms with Gasteiger partial charge in [-0.1, -0.05) is 0 Å². The number of carbonyl (C=O) groups is 1. The molecule has 6 heteroatoms. The molecule has 0 aromatic carbocycles. The Balaban J connectivity index is 1.80. The highest BCUT2D eigenvalue weighted by molar-refractivity contribution is 5.68. The molecule has 2 rings (SSSR count). The first-order chi connectivity index (χ1) is 10.2. The zero-order valence-corrected chi connectivity index (χ0v) is 14.3. The maximum Gasteiger partial charge on any atom is 0.410 e. The second-order valence-electron chi connectivity index (χ2n) is 7.15. The monoisotopic (exact) mass is 309 g/mol. The molecular formula is C16H27N3O3. The van der Waals surface area contributed by atoms with Gasteiger partial charge in [0.15, 0.2) is 0 Å². The van der Waals surface area contributed by atoms with E-state index >= 15 is 0 Å². The predicted octanol–water partition coefficient (Wildman–Crippen LogP) is 2.38. The van der Waals surface area contributed by atoms with Crippen molar-refractivity contribution in [2.75, 3.05) is 19.7 Å². The van der Waals surface area contributed by atoms with Crippen LogP contribution in [0.15, 0.2) is 12.3 Å². The topological polar surface area (TPSA) is 56.6 Å². The molecule has 0 N–H and O–H groups in total. The van der Waals surface area contributed by atoms with Gasteiger partial charge in [-0.05, 0) is 40.2 Å². The first kappa shape index (κ1) is 16.8. The Bertz CT molecular complexity index is 521. The number of hydrogen-bond acceptors (Lipinski definition) is 4. The van der Waals surface area contributed by atoms with Crippen LogP contribution in [0, 0.1) is 0 Å². The summed E-state index contributed by atoms with van der Waals surface area (Å²) in [5.74, 6) is 0. The number of aromatic nitrogens is 2. The van der Waals surface area contributed by atoms with E-state index in [4.69, 9.17) is 9.47 Å². The maximum absolute atomic E-state index is 12.1. The number of hydrogen-bond donors (Lipinski definition) is 0. The lowest BCUT2D eigenvalue weighted by Gasteiger charge is -2.27. The Labute approximate surface area is 132 Å². The summed E-state index contributed by atoms with van der Waals surface area (Å²) >= 11 is 0. The molecule has 1 aromatic heterocycles. The highest BCUT2D eigenvalue weighted by Gasteiger charge is 2.38. The van der Waals surface area contributed by atoms with E-state index in [0.29, 0.717) is 19.7 Å². The molecule has 0 radical (unpaired) electrons. The lowest BCUT2D eigenvalue weighted by Crippen LogP contribution is -2.39. The zero-order valence-electron chi connectivity index (χ0n) is 14.3. The summed E-state index contributed by atoms with van der Waals surface area (Å²) < 4.78 is 13.3. The van der Waals surface area contributed by atoms with Gasteiger partial charge in [-0.15, -0.1) is 0 Å².